The van der Waals surface area contributed by atoms with Crippen molar-refractivity contribution in [3.63, 3.8) is 0 Å². The number of ether oxygens (including phenoxy) is 4. The maximum atomic E-state index is 11.8. The fourth-order valence-corrected chi connectivity index (χ4v) is 2.52. The van der Waals surface area contributed by atoms with E-state index in [1.165, 1.54) is 34.0 Å². The zero-order valence-corrected chi connectivity index (χ0v) is 15.1. The minimum atomic E-state index is -0.979. The van der Waals surface area contributed by atoms with Crippen molar-refractivity contribution in [3.05, 3.63) is 11.8 Å². The molecule has 0 saturated heterocycles. The third-order valence-electron chi connectivity index (χ3n) is 3.52. The molecule has 4 atom stereocenters. The largest absolute Gasteiger partial charge is 0.477 e. The summed E-state index contributed by atoms with van der Waals surface area (Å²) in [5.41, 5.74) is 6.04. The minimum Gasteiger partial charge on any atom is -0.477 e. The van der Waals surface area contributed by atoms with E-state index in [-0.39, 0.29) is 24.7 Å². The molecule has 0 aromatic carbocycles. The van der Waals surface area contributed by atoms with Crippen LogP contribution >= 0.6 is 0 Å². The normalized spacial score (nSPS) is 23.0. The Morgan fingerprint density at radius 2 is 1.88 bits per heavy atom. The van der Waals surface area contributed by atoms with Gasteiger partial charge in [-0.05, 0) is 6.08 Å². The molecule has 0 aliphatic carbocycles. The molecule has 1 aliphatic rings. The van der Waals surface area contributed by atoms with E-state index in [2.05, 4.69) is 10.1 Å². The molecular weight excluding hydrogens is 348 g/mol. The number of carbonyl (C=O) groups excluding carboxylic acids is 4. The summed E-state index contributed by atoms with van der Waals surface area (Å²) in [5, 5.41) is 2.63. The number of nitrogens with one attached hydrogen (secondary N) is 1. The van der Waals surface area contributed by atoms with Gasteiger partial charge in [0.1, 0.15) is 6.10 Å². The standard InChI is InChI=1S/C16H24N2O8/c1-8(19)18-14-11(17)7-13(16(22)23-4)26-15(14)12(25-10(3)21)5-6-24-9(2)20/h7,11-12,14-15H,5-6,17H2,1-4H3,(H,18,19). The molecule has 1 aliphatic heterocycles. The van der Waals surface area contributed by atoms with E-state index in [1.807, 2.05) is 0 Å². The first-order chi connectivity index (χ1) is 12.1. The van der Waals surface area contributed by atoms with Crippen LogP contribution in [0.4, 0.5) is 0 Å². The highest BCUT2D eigenvalue weighted by molar-refractivity contribution is 5.86. The topological polar surface area (TPSA) is 143 Å². The lowest BCUT2D eigenvalue weighted by Gasteiger charge is -2.38. The fraction of sp³-hybridized carbons (Fsp3) is 0.625. The zero-order valence-electron chi connectivity index (χ0n) is 15.1. The second-order valence-electron chi connectivity index (χ2n) is 5.69. The Morgan fingerprint density at radius 1 is 1.23 bits per heavy atom. The second-order valence-corrected chi connectivity index (χ2v) is 5.69. The van der Waals surface area contributed by atoms with Crippen molar-refractivity contribution in [1.82, 2.24) is 5.32 Å². The predicted octanol–water partition coefficient (Wildman–Crippen LogP) is -0.841. The molecule has 0 fully saturated rings. The van der Waals surface area contributed by atoms with Crippen LogP contribution in [0.15, 0.2) is 11.8 Å². The summed E-state index contributed by atoms with van der Waals surface area (Å²) in [6, 6.07) is -1.57. The van der Waals surface area contributed by atoms with Crippen molar-refractivity contribution in [2.75, 3.05) is 13.7 Å². The number of methoxy groups -OCH3 is 1. The molecule has 146 valence electrons. The van der Waals surface area contributed by atoms with Crippen LogP contribution in [-0.4, -0.2) is 61.8 Å². The van der Waals surface area contributed by atoms with Crippen LogP contribution in [-0.2, 0) is 38.1 Å². The van der Waals surface area contributed by atoms with E-state index in [9.17, 15) is 19.2 Å². The number of hydrogen-bond acceptors (Lipinski definition) is 9. The lowest BCUT2D eigenvalue weighted by Crippen LogP contribution is -2.60. The lowest BCUT2D eigenvalue weighted by molar-refractivity contribution is -0.160. The van der Waals surface area contributed by atoms with Crippen LogP contribution in [0.1, 0.15) is 27.2 Å². The molecular formula is C16H24N2O8. The van der Waals surface area contributed by atoms with Gasteiger partial charge in [-0.2, -0.15) is 0 Å². The number of amides is 1. The summed E-state index contributed by atoms with van der Waals surface area (Å²) in [4.78, 5) is 45.7. The van der Waals surface area contributed by atoms with Gasteiger partial charge in [-0.15, -0.1) is 0 Å². The van der Waals surface area contributed by atoms with Crippen molar-refractivity contribution in [1.29, 1.82) is 0 Å². The quantitative estimate of drug-likeness (QED) is 0.432. The van der Waals surface area contributed by atoms with Gasteiger partial charge < -0.3 is 30.0 Å². The van der Waals surface area contributed by atoms with Crippen molar-refractivity contribution in [2.24, 2.45) is 5.73 Å². The third kappa shape index (κ3) is 6.36. The Morgan fingerprint density at radius 3 is 2.38 bits per heavy atom. The first kappa shape index (κ1) is 21.4. The molecule has 0 spiro atoms. The van der Waals surface area contributed by atoms with E-state index in [1.54, 1.807) is 0 Å². The van der Waals surface area contributed by atoms with E-state index < -0.39 is 42.2 Å². The summed E-state index contributed by atoms with van der Waals surface area (Å²) in [6.45, 7) is 3.69. The highest BCUT2D eigenvalue weighted by atomic mass is 16.6. The van der Waals surface area contributed by atoms with Crippen LogP contribution in [0.25, 0.3) is 0 Å². The van der Waals surface area contributed by atoms with Crippen LogP contribution in [0.3, 0.4) is 0 Å². The maximum absolute atomic E-state index is 11.8. The third-order valence-corrected chi connectivity index (χ3v) is 3.52. The Kier molecular flexibility index (Phi) is 8.04. The highest BCUT2D eigenvalue weighted by Crippen LogP contribution is 2.24. The van der Waals surface area contributed by atoms with Gasteiger partial charge >= 0.3 is 17.9 Å². The molecule has 26 heavy (non-hydrogen) atoms. The molecule has 1 rings (SSSR count). The maximum Gasteiger partial charge on any atom is 0.373 e. The average molecular weight is 372 g/mol. The molecule has 10 nitrogen and oxygen atoms in total. The smallest absolute Gasteiger partial charge is 0.373 e. The van der Waals surface area contributed by atoms with Gasteiger partial charge in [-0.1, -0.05) is 0 Å². The number of rotatable bonds is 7. The van der Waals surface area contributed by atoms with Crippen molar-refractivity contribution in [3.8, 4) is 0 Å². The number of nitrogens with two attached hydrogens (primary N) is 1. The van der Waals surface area contributed by atoms with Crippen LogP contribution in [0.5, 0.6) is 0 Å². The summed E-state index contributed by atoms with van der Waals surface area (Å²) >= 11 is 0. The van der Waals surface area contributed by atoms with Crippen molar-refractivity contribution in [2.45, 2.75) is 51.5 Å². The molecule has 4 unspecified atom stereocenters. The van der Waals surface area contributed by atoms with Gasteiger partial charge in [-0.25, -0.2) is 4.79 Å². The molecule has 10 heteroatoms. The summed E-state index contributed by atoms with van der Waals surface area (Å²) in [6.07, 6.45) is -0.503. The predicted molar refractivity (Wildman–Crippen MR) is 87.4 cm³/mol. The molecule has 3 N–H and O–H groups in total. The SMILES string of the molecule is COC(=O)C1=CC(N)C(NC(C)=O)C(C(CCOC(C)=O)OC(C)=O)O1. The van der Waals surface area contributed by atoms with Crippen LogP contribution in [0.2, 0.25) is 0 Å². The summed E-state index contributed by atoms with van der Waals surface area (Å²) in [5.74, 6) is -2.40. The fourth-order valence-electron chi connectivity index (χ4n) is 2.52. The van der Waals surface area contributed by atoms with E-state index in [0.717, 1.165) is 0 Å². The van der Waals surface area contributed by atoms with Crippen molar-refractivity contribution < 1.29 is 38.1 Å². The number of carbonyl (C=O) groups is 4. The molecule has 0 aromatic rings. The van der Waals surface area contributed by atoms with E-state index in [0.29, 0.717) is 0 Å². The van der Waals surface area contributed by atoms with Gasteiger partial charge in [0.15, 0.2) is 6.10 Å². The molecule has 0 bridgehead atoms. The molecule has 0 saturated carbocycles. The van der Waals surface area contributed by atoms with E-state index in [4.69, 9.17) is 19.9 Å². The zero-order chi connectivity index (χ0) is 19.9. The summed E-state index contributed by atoms with van der Waals surface area (Å²) < 4.78 is 20.4. The van der Waals surface area contributed by atoms with Gasteiger partial charge in [-0.3, -0.25) is 14.4 Å². The van der Waals surface area contributed by atoms with Crippen LogP contribution < -0.4 is 11.1 Å². The minimum absolute atomic E-state index is 0.0492. The monoisotopic (exact) mass is 372 g/mol. The van der Waals surface area contributed by atoms with Gasteiger partial charge in [0.25, 0.3) is 0 Å². The summed E-state index contributed by atoms with van der Waals surface area (Å²) in [7, 11) is 1.18. The van der Waals surface area contributed by atoms with Crippen LogP contribution in [0, 0.1) is 0 Å². The number of esters is 3. The molecule has 1 amide bonds. The Balaban J connectivity index is 3.10. The Labute approximate surface area is 151 Å². The van der Waals surface area contributed by atoms with Gasteiger partial charge in [0.2, 0.25) is 11.7 Å². The lowest BCUT2D eigenvalue weighted by atomic mass is 9.93. The van der Waals surface area contributed by atoms with Gasteiger partial charge in [0, 0.05) is 27.2 Å². The van der Waals surface area contributed by atoms with Gasteiger partial charge in [0.05, 0.1) is 25.8 Å². The number of hydrogen-bond donors (Lipinski definition) is 2. The second kappa shape index (κ2) is 9.76. The first-order valence-corrected chi connectivity index (χ1v) is 7.95. The average Bonchev–Trinajstić information content (AvgIpc) is 2.53. The van der Waals surface area contributed by atoms with Crippen molar-refractivity contribution >= 4 is 23.8 Å². The first-order valence-electron chi connectivity index (χ1n) is 7.95. The Hall–Kier alpha value is -2.62. The molecule has 0 radical (unpaired) electrons. The molecule has 1 heterocycles. The van der Waals surface area contributed by atoms with E-state index >= 15 is 0 Å². The molecule has 0 aromatic heterocycles. The highest BCUT2D eigenvalue weighted by Gasteiger charge is 2.42. The Bertz CT molecular complexity index is 589.